The predicted octanol–water partition coefficient (Wildman–Crippen LogP) is 2.52. The second-order valence-electron chi connectivity index (χ2n) is 7.73. The number of amides is 2. The number of carbonyl (C=O) groups excluding carboxylic acids is 2. The monoisotopic (exact) mass is 433 g/mol. The lowest BCUT2D eigenvalue weighted by molar-refractivity contribution is -0.157. The van der Waals surface area contributed by atoms with E-state index in [9.17, 15) is 27.9 Å². The molecule has 164 valence electrons. The minimum absolute atomic E-state index is 0.00654. The third-order valence-corrected chi connectivity index (χ3v) is 5.82. The summed E-state index contributed by atoms with van der Waals surface area (Å²) in [6, 6.07) is 13.9. The zero-order valence-corrected chi connectivity index (χ0v) is 16.7. The Labute approximate surface area is 177 Å². The van der Waals surface area contributed by atoms with Crippen LogP contribution < -0.4 is 9.80 Å². The van der Waals surface area contributed by atoms with E-state index in [0.717, 1.165) is 12.1 Å². The van der Waals surface area contributed by atoms with Crippen LogP contribution in [0, 0.1) is 0 Å². The molecule has 0 aromatic heterocycles. The number of nitrogens with zero attached hydrogens (tertiary/aromatic N) is 3. The van der Waals surface area contributed by atoms with Gasteiger partial charge < -0.3 is 19.8 Å². The average Bonchev–Trinajstić information content (AvgIpc) is 3.09. The van der Waals surface area contributed by atoms with E-state index in [1.54, 1.807) is 35.2 Å². The van der Waals surface area contributed by atoms with Gasteiger partial charge in [0.1, 0.15) is 0 Å². The number of piperazine rings is 1. The normalized spacial score (nSPS) is 22.2. The molecule has 0 unspecified atom stereocenters. The molecule has 2 aliphatic rings. The van der Waals surface area contributed by atoms with E-state index in [1.807, 2.05) is 6.07 Å². The summed E-state index contributed by atoms with van der Waals surface area (Å²) in [7, 11) is 0. The zero-order chi connectivity index (χ0) is 22.2. The van der Waals surface area contributed by atoms with Gasteiger partial charge in [-0.2, -0.15) is 13.2 Å². The number of para-hydroxylation sites is 1. The van der Waals surface area contributed by atoms with Gasteiger partial charge in [-0.05, 0) is 30.3 Å². The summed E-state index contributed by atoms with van der Waals surface area (Å²) in [6.07, 6.45) is -4.43. The molecule has 4 rings (SSSR count). The van der Waals surface area contributed by atoms with Gasteiger partial charge in [0.15, 0.2) is 0 Å². The topological polar surface area (TPSA) is 64.1 Å². The van der Waals surface area contributed by atoms with Gasteiger partial charge in [0.2, 0.25) is 5.60 Å². The van der Waals surface area contributed by atoms with Gasteiger partial charge in [0.05, 0.1) is 5.56 Å². The molecule has 2 fully saturated rings. The number of rotatable bonds is 3. The van der Waals surface area contributed by atoms with Crippen molar-refractivity contribution in [3.63, 3.8) is 0 Å². The highest BCUT2D eigenvalue weighted by Gasteiger charge is 2.53. The standard InChI is InChI=1S/C22H22F3N3O3/c23-22(24,25)16-5-4-8-18(15-16)26-11-13-27(14-12-26)19(29)21(31)9-10-28(20(21)30)17-6-2-1-3-7-17/h1-8,15,31H,9-14H2/t21-/m0/s1. The molecule has 31 heavy (non-hydrogen) atoms. The molecule has 0 aliphatic carbocycles. The number of hydrogen-bond acceptors (Lipinski definition) is 4. The number of halogens is 3. The fourth-order valence-electron chi connectivity index (χ4n) is 4.07. The molecule has 2 saturated heterocycles. The Balaban J connectivity index is 1.42. The Morgan fingerprint density at radius 2 is 1.55 bits per heavy atom. The summed E-state index contributed by atoms with van der Waals surface area (Å²) in [5.74, 6) is -1.30. The molecule has 2 aliphatic heterocycles. The summed E-state index contributed by atoms with van der Waals surface area (Å²) in [5.41, 5.74) is -1.80. The molecule has 2 amide bonds. The van der Waals surface area contributed by atoms with Crippen molar-refractivity contribution < 1.29 is 27.9 Å². The predicted molar refractivity (Wildman–Crippen MR) is 109 cm³/mol. The summed E-state index contributed by atoms with van der Waals surface area (Å²) in [5, 5.41) is 10.9. The Bertz CT molecular complexity index is 975. The third kappa shape index (κ3) is 3.97. The van der Waals surface area contributed by atoms with Crippen molar-refractivity contribution in [2.45, 2.75) is 18.2 Å². The van der Waals surface area contributed by atoms with Crippen molar-refractivity contribution in [1.29, 1.82) is 0 Å². The van der Waals surface area contributed by atoms with Gasteiger partial charge in [-0.25, -0.2) is 0 Å². The lowest BCUT2D eigenvalue weighted by Gasteiger charge is -2.38. The number of benzene rings is 2. The van der Waals surface area contributed by atoms with Gasteiger partial charge in [-0.15, -0.1) is 0 Å². The summed E-state index contributed by atoms with van der Waals surface area (Å²) < 4.78 is 38.9. The highest BCUT2D eigenvalue weighted by atomic mass is 19.4. The van der Waals surface area contributed by atoms with Gasteiger partial charge in [-0.1, -0.05) is 24.3 Å². The van der Waals surface area contributed by atoms with E-state index < -0.39 is 29.2 Å². The molecule has 1 N–H and O–H groups in total. The van der Waals surface area contributed by atoms with Crippen molar-refractivity contribution in [2.24, 2.45) is 0 Å². The van der Waals surface area contributed by atoms with E-state index in [0.29, 0.717) is 24.5 Å². The maximum Gasteiger partial charge on any atom is 0.416 e. The van der Waals surface area contributed by atoms with Gasteiger partial charge in [0, 0.05) is 50.5 Å². The van der Waals surface area contributed by atoms with Crippen LogP contribution in [-0.4, -0.2) is 60.1 Å². The molecule has 2 aromatic rings. The molecular weight excluding hydrogens is 411 g/mol. The highest BCUT2D eigenvalue weighted by Crippen LogP contribution is 2.33. The molecule has 2 heterocycles. The van der Waals surface area contributed by atoms with E-state index in [2.05, 4.69) is 0 Å². The average molecular weight is 433 g/mol. The van der Waals surface area contributed by atoms with Crippen molar-refractivity contribution in [2.75, 3.05) is 42.5 Å². The highest BCUT2D eigenvalue weighted by molar-refractivity contribution is 6.16. The molecule has 6 nitrogen and oxygen atoms in total. The van der Waals surface area contributed by atoms with Gasteiger partial charge in [-0.3, -0.25) is 9.59 Å². The summed E-state index contributed by atoms with van der Waals surface area (Å²) in [4.78, 5) is 30.4. The second kappa shape index (κ2) is 7.88. The largest absolute Gasteiger partial charge is 0.416 e. The first kappa shape index (κ1) is 21.2. The quantitative estimate of drug-likeness (QED) is 0.756. The molecule has 0 spiro atoms. The van der Waals surface area contributed by atoms with Crippen LogP contribution in [0.4, 0.5) is 24.5 Å². The number of anilines is 2. The second-order valence-corrected chi connectivity index (χ2v) is 7.73. The zero-order valence-electron chi connectivity index (χ0n) is 16.7. The van der Waals surface area contributed by atoms with Crippen LogP contribution in [0.2, 0.25) is 0 Å². The van der Waals surface area contributed by atoms with Crippen molar-refractivity contribution in [1.82, 2.24) is 4.90 Å². The van der Waals surface area contributed by atoms with Crippen LogP contribution in [0.3, 0.4) is 0 Å². The van der Waals surface area contributed by atoms with Crippen LogP contribution in [-0.2, 0) is 15.8 Å². The van der Waals surface area contributed by atoms with E-state index in [4.69, 9.17) is 0 Å². The van der Waals surface area contributed by atoms with Crippen molar-refractivity contribution >= 4 is 23.2 Å². The fraction of sp³-hybridized carbons (Fsp3) is 0.364. The van der Waals surface area contributed by atoms with Gasteiger partial charge in [0.25, 0.3) is 11.8 Å². The maximum absolute atomic E-state index is 13.0. The maximum atomic E-state index is 13.0. The lowest BCUT2D eigenvalue weighted by atomic mass is 10.00. The van der Waals surface area contributed by atoms with Crippen LogP contribution in [0.25, 0.3) is 0 Å². The third-order valence-electron chi connectivity index (χ3n) is 5.82. The smallest absolute Gasteiger partial charge is 0.372 e. The Morgan fingerprint density at radius 1 is 0.903 bits per heavy atom. The number of alkyl halides is 3. The van der Waals surface area contributed by atoms with Crippen molar-refractivity contribution in [3.8, 4) is 0 Å². The number of hydrogen-bond donors (Lipinski definition) is 1. The van der Waals surface area contributed by atoms with E-state index >= 15 is 0 Å². The summed E-state index contributed by atoms with van der Waals surface area (Å²) in [6.45, 7) is 1.25. The molecule has 0 radical (unpaired) electrons. The SMILES string of the molecule is O=C(N1CCN(c2cccc(C(F)(F)F)c2)CC1)[C@@]1(O)CCN(c2ccccc2)C1=O. The van der Waals surface area contributed by atoms with Crippen LogP contribution >= 0.6 is 0 Å². The van der Waals surface area contributed by atoms with Crippen LogP contribution in [0.15, 0.2) is 54.6 Å². The Morgan fingerprint density at radius 3 is 2.19 bits per heavy atom. The number of aliphatic hydroxyl groups is 1. The minimum atomic E-state index is -4.43. The Hall–Kier alpha value is -3.07. The first-order chi connectivity index (χ1) is 14.7. The molecule has 0 saturated carbocycles. The summed E-state index contributed by atoms with van der Waals surface area (Å²) >= 11 is 0. The molecular formula is C22H22F3N3O3. The lowest BCUT2D eigenvalue weighted by Crippen LogP contribution is -2.58. The first-order valence-corrected chi connectivity index (χ1v) is 10.0. The van der Waals surface area contributed by atoms with Crippen LogP contribution in [0.5, 0.6) is 0 Å². The number of carbonyl (C=O) groups is 2. The fourth-order valence-corrected chi connectivity index (χ4v) is 4.07. The molecule has 1 atom stereocenters. The first-order valence-electron chi connectivity index (χ1n) is 10.0. The Kier molecular flexibility index (Phi) is 5.38. The molecule has 2 aromatic carbocycles. The minimum Gasteiger partial charge on any atom is -0.372 e. The molecule has 0 bridgehead atoms. The van der Waals surface area contributed by atoms with Crippen molar-refractivity contribution in [3.05, 3.63) is 60.2 Å². The van der Waals surface area contributed by atoms with Crippen LogP contribution in [0.1, 0.15) is 12.0 Å². The van der Waals surface area contributed by atoms with E-state index in [1.165, 1.54) is 15.9 Å². The van der Waals surface area contributed by atoms with E-state index in [-0.39, 0.29) is 26.1 Å². The molecule has 9 heteroatoms. The van der Waals surface area contributed by atoms with Gasteiger partial charge >= 0.3 is 6.18 Å².